The summed E-state index contributed by atoms with van der Waals surface area (Å²) in [5, 5.41) is 18.1. The minimum absolute atomic E-state index is 0.0225. The van der Waals surface area contributed by atoms with Gasteiger partial charge in [0, 0.05) is 0 Å². The monoisotopic (exact) mass is 236 g/mol. The van der Waals surface area contributed by atoms with Crippen molar-refractivity contribution in [3.63, 3.8) is 0 Å². The first-order chi connectivity index (χ1) is 8.02. The van der Waals surface area contributed by atoms with Crippen molar-refractivity contribution in [2.45, 2.75) is 33.3 Å². The zero-order valence-corrected chi connectivity index (χ0v) is 10.4. The number of hydrogen-bond donors (Lipinski definition) is 2. The maximum absolute atomic E-state index is 11.1. The van der Waals surface area contributed by atoms with E-state index in [1.807, 2.05) is 38.1 Å². The summed E-state index contributed by atoms with van der Waals surface area (Å²) in [5.74, 6) is -0.673. The van der Waals surface area contributed by atoms with Crippen LogP contribution in [0.3, 0.4) is 0 Å². The molecule has 1 aromatic carbocycles. The molecule has 1 aromatic rings. The van der Waals surface area contributed by atoms with Crippen molar-refractivity contribution in [2.24, 2.45) is 11.8 Å². The first kappa shape index (κ1) is 13.7. The highest BCUT2D eigenvalue weighted by molar-refractivity contribution is 5.70. The minimum atomic E-state index is -0.732. The lowest BCUT2D eigenvalue weighted by Crippen LogP contribution is -2.18. The smallest absolute Gasteiger partial charge is 0.306 e. The normalized spacial score (nSPS) is 12.7. The summed E-state index contributed by atoms with van der Waals surface area (Å²) in [4.78, 5) is 11.1. The van der Waals surface area contributed by atoms with Gasteiger partial charge in [0.15, 0.2) is 0 Å². The summed E-state index contributed by atoms with van der Waals surface area (Å²) < 4.78 is 0. The first-order valence-electron chi connectivity index (χ1n) is 5.94. The fraction of sp³-hybridized carbons (Fsp3) is 0.500. The number of carboxylic acid groups (broad SMARTS) is 1. The molecule has 0 radical (unpaired) electrons. The minimum Gasteiger partial charge on any atom is -0.481 e. The second kappa shape index (κ2) is 6.40. The molecule has 0 saturated heterocycles. The number of hydrogen-bond acceptors (Lipinski definition) is 2. The van der Waals surface area contributed by atoms with E-state index in [2.05, 4.69) is 0 Å². The molecule has 0 spiro atoms. The Kier molecular flexibility index (Phi) is 5.16. The van der Waals surface area contributed by atoms with Crippen LogP contribution in [0.25, 0.3) is 0 Å². The van der Waals surface area contributed by atoms with Crippen molar-refractivity contribution in [1.29, 1.82) is 0 Å². The molecule has 1 atom stereocenters. The maximum atomic E-state index is 11.1. The van der Waals surface area contributed by atoms with E-state index in [0.717, 1.165) is 11.1 Å². The molecule has 17 heavy (non-hydrogen) atoms. The van der Waals surface area contributed by atoms with Gasteiger partial charge in [-0.3, -0.25) is 4.79 Å². The maximum Gasteiger partial charge on any atom is 0.306 e. The summed E-state index contributed by atoms with van der Waals surface area (Å²) >= 11 is 0. The van der Waals surface area contributed by atoms with Crippen LogP contribution in [0.15, 0.2) is 24.3 Å². The molecular weight excluding hydrogens is 216 g/mol. The third-order valence-corrected chi connectivity index (χ3v) is 2.79. The topological polar surface area (TPSA) is 57.5 Å². The quantitative estimate of drug-likeness (QED) is 0.797. The highest BCUT2D eigenvalue weighted by Gasteiger charge is 2.19. The number of benzene rings is 1. The van der Waals surface area contributed by atoms with Crippen molar-refractivity contribution in [2.75, 3.05) is 0 Å². The molecule has 2 N–H and O–H groups in total. The van der Waals surface area contributed by atoms with Gasteiger partial charge >= 0.3 is 5.97 Å². The fourth-order valence-corrected chi connectivity index (χ4v) is 1.91. The van der Waals surface area contributed by atoms with Crippen molar-refractivity contribution in [3.8, 4) is 0 Å². The molecule has 0 saturated carbocycles. The summed E-state index contributed by atoms with van der Waals surface area (Å²) in [6.07, 6.45) is 1.25. The Hall–Kier alpha value is -1.35. The Bertz CT molecular complexity index is 354. The predicted molar refractivity (Wildman–Crippen MR) is 66.6 cm³/mol. The van der Waals surface area contributed by atoms with Gasteiger partial charge in [0.25, 0.3) is 0 Å². The molecule has 0 aliphatic heterocycles. The lowest BCUT2D eigenvalue weighted by Gasteiger charge is -2.14. The molecule has 0 amide bonds. The van der Waals surface area contributed by atoms with Crippen molar-refractivity contribution in [1.82, 2.24) is 0 Å². The van der Waals surface area contributed by atoms with Gasteiger partial charge in [-0.15, -0.1) is 0 Å². The van der Waals surface area contributed by atoms with Gasteiger partial charge in [0.05, 0.1) is 12.5 Å². The second-order valence-electron chi connectivity index (χ2n) is 4.84. The Labute approximate surface area is 102 Å². The van der Waals surface area contributed by atoms with Crippen molar-refractivity contribution in [3.05, 3.63) is 35.4 Å². The van der Waals surface area contributed by atoms with E-state index in [1.165, 1.54) is 0 Å². The summed E-state index contributed by atoms with van der Waals surface area (Å²) in [5.41, 5.74) is 1.86. The third kappa shape index (κ3) is 4.57. The lowest BCUT2D eigenvalue weighted by atomic mass is 9.91. The van der Waals surface area contributed by atoms with E-state index in [0.29, 0.717) is 18.8 Å². The molecule has 3 heteroatoms. The van der Waals surface area contributed by atoms with Gasteiger partial charge in [-0.25, -0.2) is 0 Å². The average molecular weight is 236 g/mol. The predicted octanol–water partition coefficient (Wildman–Crippen LogP) is 2.47. The van der Waals surface area contributed by atoms with Gasteiger partial charge < -0.3 is 10.2 Å². The molecule has 3 nitrogen and oxygen atoms in total. The zero-order valence-electron chi connectivity index (χ0n) is 10.4. The summed E-state index contributed by atoms with van der Waals surface area (Å²) in [6, 6.07) is 7.46. The van der Waals surface area contributed by atoms with Gasteiger partial charge in [-0.05, 0) is 29.9 Å². The Balaban J connectivity index is 2.68. The molecule has 0 fully saturated rings. The lowest BCUT2D eigenvalue weighted by molar-refractivity contribution is -0.142. The largest absolute Gasteiger partial charge is 0.481 e. The van der Waals surface area contributed by atoms with Gasteiger partial charge in [0.1, 0.15) is 0 Å². The standard InChI is InChI=1S/C14H20O3/c1-10(2)7-13(14(16)17)8-11-3-5-12(9-15)6-4-11/h3-6,10,13,15H,7-9H2,1-2H3,(H,16,17). The van der Waals surface area contributed by atoms with Crippen LogP contribution in [0.2, 0.25) is 0 Å². The number of rotatable bonds is 6. The third-order valence-electron chi connectivity index (χ3n) is 2.79. The van der Waals surface area contributed by atoms with E-state index >= 15 is 0 Å². The molecular formula is C14H20O3. The molecule has 0 bridgehead atoms. The highest BCUT2D eigenvalue weighted by Crippen LogP contribution is 2.18. The number of aliphatic hydroxyl groups excluding tert-OH is 1. The second-order valence-corrected chi connectivity index (χ2v) is 4.84. The van der Waals surface area contributed by atoms with Crippen LogP contribution >= 0.6 is 0 Å². The van der Waals surface area contributed by atoms with Crippen LogP contribution in [-0.2, 0) is 17.8 Å². The Morgan fingerprint density at radius 2 is 1.71 bits per heavy atom. The van der Waals surface area contributed by atoms with Crippen LogP contribution in [0.4, 0.5) is 0 Å². The first-order valence-corrected chi connectivity index (χ1v) is 5.94. The highest BCUT2D eigenvalue weighted by atomic mass is 16.4. The number of aliphatic carboxylic acids is 1. The molecule has 94 valence electrons. The van der Waals surface area contributed by atoms with Gasteiger partial charge in [-0.2, -0.15) is 0 Å². The van der Waals surface area contributed by atoms with Crippen LogP contribution in [0, 0.1) is 11.8 Å². The molecule has 0 heterocycles. The van der Waals surface area contributed by atoms with Gasteiger partial charge in [0.2, 0.25) is 0 Å². The molecule has 1 unspecified atom stereocenters. The summed E-state index contributed by atoms with van der Waals surface area (Å²) in [6.45, 7) is 4.09. The van der Waals surface area contributed by atoms with Crippen molar-refractivity contribution >= 4 is 5.97 Å². The van der Waals surface area contributed by atoms with Crippen LogP contribution < -0.4 is 0 Å². The molecule has 0 aliphatic rings. The Morgan fingerprint density at radius 1 is 1.18 bits per heavy atom. The number of aliphatic hydroxyl groups is 1. The average Bonchev–Trinajstić information content (AvgIpc) is 2.28. The molecule has 1 rings (SSSR count). The SMILES string of the molecule is CC(C)CC(Cc1ccc(CO)cc1)C(=O)O. The van der Waals surface area contributed by atoms with E-state index < -0.39 is 5.97 Å². The van der Waals surface area contributed by atoms with Crippen LogP contribution in [-0.4, -0.2) is 16.2 Å². The van der Waals surface area contributed by atoms with E-state index in [1.54, 1.807) is 0 Å². The zero-order chi connectivity index (χ0) is 12.8. The number of carboxylic acids is 1. The van der Waals surface area contributed by atoms with Gasteiger partial charge in [-0.1, -0.05) is 38.1 Å². The number of carbonyl (C=O) groups is 1. The van der Waals surface area contributed by atoms with E-state index in [9.17, 15) is 4.79 Å². The van der Waals surface area contributed by atoms with Crippen molar-refractivity contribution < 1.29 is 15.0 Å². The Morgan fingerprint density at radius 3 is 2.12 bits per heavy atom. The van der Waals surface area contributed by atoms with E-state index in [4.69, 9.17) is 10.2 Å². The molecule has 0 aromatic heterocycles. The van der Waals surface area contributed by atoms with Crippen LogP contribution in [0.1, 0.15) is 31.4 Å². The summed E-state index contributed by atoms with van der Waals surface area (Å²) in [7, 11) is 0. The molecule has 0 aliphatic carbocycles. The fourth-order valence-electron chi connectivity index (χ4n) is 1.91. The van der Waals surface area contributed by atoms with E-state index in [-0.39, 0.29) is 12.5 Å². The van der Waals surface area contributed by atoms with Crippen LogP contribution in [0.5, 0.6) is 0 Å².